The summed E-state index contributed by atoms with van der Waals surface area (Å²) in [7, 11) is 0. The first-order valence-corrected chi connectivity index (χ1v) is 6.27. The molecule has 1 aliphatic heterocycles. The molecular weight excluding hydrogens is 216 g/mol. The van der Waals surface area contributed by atoms with Crippen LogP contribution in [0.25, 0.3) is 0 Å². The lowest BCUT2D eigenvalue weighted by atomic mass is 9.96. The molecule has 0 bridgehead atoms. The number of hydrogen-bond donors (Lipinski definition) is 0. The number of fused-ring (bicyclic) bond motifs is 1. The van der Waals surface area contributed by atoms with Crippen LogP contribution in [0, 0.1) is 0 Å². The van der Waals surface area contributed by atoms with Crippen LogP contribution in [0.2, 0.25) is 0 Å². The van der Waals surface area contributed by atoms with Crippen LogP contribution < -0.4 is 9.47 Å². The van der Waals surface area contributed by atoms with Crippen LogP contribution in [0.3, 0.4) is 0 Å². The van der Waals surface area contributed by atoms with E-state index in [2.05, 4.69) is 0 Å². The van der Waals surface area contributed by atoms with Crippen LogP contribution in [-0.4, -0.2) is 19.0 Å². The lowest BCUT2D eigenvalue weighted by Gasteiger charge is -2.12. The monoisotopic (exact) mass is 232 g/mol. The summed E-state index contributed by atoms with van der Waals surface area (Å²) in [5, 5.41) is 0. The smallest absolute Gasteiger partial charge is 0.161 e. The van der Waals surface area contributed by atoms with Crippen molar-refractivity contribution in [2.45, 2.75) is 31.6 Å². The number of ether oxygens (including phenoxy) is 2. The van der Waals surface area contributed by atoms with E-state index >= 15 is 0 Å². The molecule has 0 spiro atoms. The third-order valence-corrected chi connectivity index (χ3v) is 3.48. The summed E-state index contributed by atoms with van der Waals surface area (Å²) in [5.74, 6) is 2.03. The van der Waals surface area contributed by atoms with Gasteiger partial charge in [0.25, 0.3) is 0 Å². The average molecular weight is 232 g/mol. The standard InChI is InChI=1S/C14H16O3/c15-12-4-1-3-11(12)10-5-6-13-14(9-10)17-8-2-7-16-13/h5-6,9,11H,1-4,7-8H2. The van der Waals surface area contributed by atoms with Gasteiger partial charge in [-0.05, 0) is 30.5 Å². The lowest BCUT2D eigenvalue weighted by molar-refractivity contribution is -0.118. The number of Topliss-reactive ketones (excluding diaryl/α,β-unsaturated/α-hetero) is 1. The van der Waals surface area contributed by atoms with E-state index in [-0.39, 0.29) is 5.92 Å². The fraction of sp³-hybridized carbons (Fsp3) is 0.500. The highest BCUT2D eigenvalue weighted by Crippen LogP contribution is 2.37. The van der Waals surface area contributed by atoms with Crippen molar-refractivity contribution in [1.82, 2.24) is 0 Å². The molecule has 0 saturated heterocycles. The highest BCUT2D eigenvalue weighted by atomic mass is 16.5. The van der Waals surface area contributed by atoms with Crippen LogP contribution in [0.1, 0.15) is 37.2 Å². The van der Waals surface area contributed by atoms with Crippen molar-refractivity contribution in [2.75, 3.05) is 13.2 Å². The number of ketones is 1. The Labute approximate surface area is 101 Å². The van der Waals surface area contributed by atoms with Gasteiger partial charge >= 0.3 is 0 Å². The summed E-state index contributed by atoms with van der Waals surface area (Å²) >= 11 is 0. The van der Waals surface area contributed by atoms with Crippen LogP contribution in [0.15, 0.2) is 18.2 Å². The molecule has 1 heterocycles. The number of carbonyl (C=O) groups is 1. The molecule has 1 aromatic carbocycles. The number of benzene rings is 1. The minimum atomic E-state index is 0.0761. The molecular formula is C14H16O3. The summed E-state index contributed by atoms with van der Waals surface area (Å²) < 4.78 is 11.2. The highest BCUT2D eigenvalue weighted by molar-refractivity contribution is 5.87. The van der Waals surface area contributed by atoms with Gasteiger partial charge < -0.3 is 9.47 Å². The van der Waals surface area contributed by atoms with Gasteiger partial charge in [0.15, 0.2) is 11.5 Å². The number of rotatable bonds is 1. The van der Waals surface area contributed by atoms with E-state index in [0.717, 1.165) is 42.7 Å². The van der Waals surface area contributed by atoms with Crippen LogP contribution in [0.5, 0.6) is 11.5 Å². The summed E-state index contributed by atoms with van der Waals surface area (Å²) in [6, 6.07) is 5.91. The van der Waals surface area contributed by atoms with Crippen molar-refractivity contribution in [2.24, 2.45) is 0 Å². The van der Waals surface area contributed by atoms with Crippen molar-refractivity contribution < 1.29 is 14.3 Å². The molecule has 1 aliphatic carbocycles. The van der Waals surface area contributed by atoms with E-state index in [1.54, 1.807) is 0 Å². The second-order valence-corrected chi connectivity index (χ2v) is 4.67. The van der Waals surface area contributed by atoms with Gasteiger partial charge in [-0.15, -0.1) is 0 Å². The van der Waals surface area contributed by atoms with Gasteiger partial charge in [0.05, 0.1) is 13.2 Å². The lowest BCUT2D eigenvalue weighted by Crippen LogP contribution is -2.04. The van der Waals surface area contributed by atoms with Gasteiger partial charge in [0, 0.05) is 18.8 Å². The first-order valence-electron chi connectivity index (χ1n) is 6.27. The van der Waals surface area contributed by atoms with Crippen LogP contribution in [-0.2, 0) is 4.79 Å². The summed E-state index contributed by atoms with van der Waals surface area (Å²) in [5.41, 5.74) is 1.08. The molecule has 0 N–H and O–H groups in total. The molecule has 1 atom stereocenters. The SMILES string of the molecule is O=C1CCCC1c1ccc2c(c1)OCCCO2. The number of hydrogen-bond acceptors (Lipinski definition) is 3. The first-order chi connectivity index (χ1) is 8.34. The zero-order chi connectivity index (χ0) is 11.7. The molecule has 0 aromatic heterocycles. The second kappa shape index (κ2) is 4.40. The maximum Gasteiger partial charge on any atom is 0.161 e. The molecule has 90 valence electrons. The topological polar surface area (TPSA) is 35.5 Å². The highest BCUT2D eigenvalue weighted by Gasteiger charge is 2.26. The molecule has 1 unspecified atom stereocenters. The van der Waals surface area contributed by atoms with Crippen molar-refractivity contribution in [3.63, 3.8) is 0 Å². The predicted molar refractivity (Wildman–Crippen MR) is 63.6 cm³/mol. The van der Waals surface area contributed by atoms with Crippen molar-refractivity contribution in [1.29, 1.82) is 0 Å². The Morgan fingerprint density at radius 3 is 2.65 bits per heavy atom. The first kappa shape index (κ1) is 10.6. The Morgan fingerprint density at radius 1 is 1.06 bits per heavy atom. The molecule has 3 rings (SSSR count). The average Bonchev–Trinajstić information content (AvgIpc) is 2.64. The van der Waals surface area contributed by atoms with E-state index in [9.17, 15) is 4.79 Å². The third kappa shape index (κ3) is 2.02. The minimum Gasteiger partial charge on any atom is -0.490 e. The fourth-order valence-corrected chi connectivity index (χ4v) is 2.56. The summed E-state index contributed by atoms with van der Waals surface area (Å²) in [6.45, 7) is 1.39. The van der Waals surface area contributed by atoms with Crippen molar-refractivity contribution >= 4 is 5.78 Å². The molecule has 17 heavy (non-hydrogen) atoms. The molecule has 0 radical (unpaired) electrons. The molecule has 3 nitrogen and oxygen atoms in total. The Kier molecular flexibility index (Phi) is 2.75. The quantitative estimate of drug-likeness (QED) is 0.746. The third-order valence-electron chi connectivity index (χ3n) is 3.48. The molecule has 3 heteroatoms. The zero-order valence-electron chi connectivity index (χ0n) is 9.78. The predicted octanol–water partition coefficient (Wildman–Crippen LogP) is 2.68. The summed E-state index contributed by atoms with van der Waals surface area (Å²) in [4.78, 5) is 11.7. The van der Waals surface area contributed by atoms with E-state index in [1.165, 1.54) is 0 Å². The zero-order valence-corrected chi connectivity index (χ0v) is 9.78. The van der Waals surface area contributed by atoms with Gasteiger partial charge in [0.1, 0.15) is 5.78 Å². The van der Waals surface area contributed by atoms with Gasteiger partial charge in [-0.25, -0.2) is 0 Å². The maximum atomic E-state index is 11.7. The second-order valence-electron chi connectivity index (χ2n) is 4.67. The Balaban J connectivity index is 1.91. The van der Waals surface area contributed by atoms with Crippen molar-refractivity contribution in [3.8, 4) is 11.5 Å². The minimum absolute atomic E-state index is 0.0761. The van der Waals surface area contributed by atoms with E-state index in [4.69, 9.17) is 9.47 Å². The maximum absolute atomic E-state index is 11.7. The molecule has 0 amide bonds. The molecule has 1 saturated carbocycles. The van der Waals surface area contributed by atoms with Gasteiger partial charge in [-0.3, -0.25) is 4.79 Å². The van der Waals surface area contributed by atoms with Crippen LogP contribution in [0.4, 0.5) is 0 Å². The van der Waals surface area contributed by atoms with E-state index < -0.39 is 0 Å². The summed E-state index contributed by atoms with van der Waals surface area (Å²) in [6.07, 6.45) is 3.61. The Hall–Kier alpha value is -1.51. The molecule has 1 aromatic rings. The van der Waals surface area contributed by atoms with Gasteiger partial charge in [-0.1, -0.05) is 6.07 Å². The largest absolute Gasteiger partial charge is 0.490 e. The van der Waals surface area contributed by atoms with Gasteiger partial charge in [0.2, 0.25) is 0 Å². The normalized spacial score (nSPS) is 23.5. The van der Waals surface area contributed by atoms with E-state index in [1.807, 2.05) is 18.2 Å². The number of carbonyl (C=O) groups excluding carboxylic acids is 1. The Bertz CT molecular complexity index is 439. The Morgan fingerprint density at radius 2 is 1.88 bits per heavy atom. The van der Waals surface area contributed by atoms with Gasteiger partial charge in [-0.2, -0.15) is 0 Å². The molecule has 1 fully saturated rings. The fourth-order valence-electron chi connectivity index (χ4n) is 2.56. The van der Waals surface area contributed by atoms with E-state index in [0.29, 0.717) is 19.0 Å². The van der Waals surface area contributed by atoms with Crippen molar-refractivity contribution in [3.05, 3.63) is 23.8 Å². The van der Waals surface area contributed by atoms with Crippen LogP contribution >= 0.6 is 0 Å². The molecule has 2 aliphatic rings.